The standard InChI is InChI=1S/C10H19F3N2/c1-15(7-2-5-10(11,12)13)8-6-14-9-3-4-9/h9,14H,2-8H2,1H3. The van der Waals surface area contributed by atoms with E-state index in [1.807, 2.05) is 11.9 Å². The van der Waals surface area contributed by atoms with Crippen molar-refractivity contribution >= 4 is 0 Å². The molecule has 0 aromatic heterocycles. The quantitative estimate of drug-likeness (QED) is 0.711. The number of rotatable bonds is 7. The SMILES string of the molecule is CN(CCCC(F)(F)F)CCNC1CC1. The Balaban J connectivity index is 1.90. The molecule has 1 N–H and O–H groups in total. The van der Waals surface area contributed by atoms with Gasteiger partial charge in [0.25, 0.3) is 0 Å². The largest absolute Gasteiger partial charge is 0.389 e. The Morgan fingerprint density at radius 2 is 1.93 bits per heavy atom. The van der Waals surface area contributed by atoms with Gasteiger partial charge in [-0.1, -0.05) is 0 Å². The van der Waals surface area contributed by atoms with Gasteiger partial charge in [0.15, 0.2) is 0 Å². The monoisotopic (exact) mass is 224 g/mol. The van der Waals surface area contributed by atoms with Gasteiger partial charge in [0.1, 0.15) is 0 Å². The van der Waals surface area contributed by atoms with Crippen molar-refractivity contribution in [3.63, 3.8) is 0 Å². The third-order valence-corrected chi connectivity index (χ3v) is 2.50. The first-order chi connectivity index (χ1) is 6.97. The van der Waals surface area contributed by atoms with E-state index in [4.69, 9.17) is 0 Å². The molecule has 5 heteroatoms. The van der Waals surface area contributed by atoms with E-state index in [9.17, 15) is 13.2 Å². The second-order valence-electron chi connectivity index (χ2n) is 4.25. The lowest BCUT2D eigenvalue weighted by atomic mass is 10.3. The lowest BCUT2D eigenvalue weighted by molar-refractivity contribution is -0.136. The molecule has 0 bridgehead atoms. The van der Waals surface area contributed by atoms with Crippen LogP contribution in [-0.2, 0) is 0 Å². The van der Waals surface area contributed by atoms with Gasteiger partial charge in [-0.15, -0.1) is 0 Å². The molecule has 0 spiro atoms. The van der Waals surface area contributed by atoms with Gasteiger partial charge >= 0.3 is 6.18 Å². The van der Waals surface area contributed by atoms with Gasteiger partial charge in [-0.2, -0.15) is 13.2 Å². The molecule has 90 valence electrons. The maximum atomic E-state index is 11.8. The predicted octanol–water partition coefficient (Wildman–Crippen LogP) is 2.01. The van der Waals surface area contributed by atoms with Gasteiger partial charge in [-0.05, 0) is 32.9 Å². The van der Waals surface area contributed by atoms with E-state index in [1.54, 1.807) is 0 Å². The first-order valence-electron chi connectivity index (χ1n) is 5.46. The molecule has 1 fully saturated rings. The van der Waals surface area contributed by atoms with E-state index in [-0.39, 0.29) is 6.42 Å². The molecule has 0 amide bonds. The molecule has 0 radical (unpaired) electrons. The summed E-state index contributed by atoms with van der Waals surface area (Å²) >= 11 is 0. The van der Waals surface area contributed by atoms with Crippen molar-refractivity contribution < 1.29 is 13.2 Å². The van der Waals surface area contributed by atoms with Crippen LogP contribution in [0.5, 0.6) is 0 Å². The Bertz CT molecular complexity index is 178. The van der Waals surface area contributed by atoms with Gasteiger partial charge in [0.2, 0.25) is 0 Å². The van der Waals surface area contributed by atoms with Gasteiger partial charge in [-0.3, -0.25) is 0 Å². The van der Waals surface area contributed by atoms with Gasteiger partial charge in [-0.25, -0.2) is 0 Å². The fourth-order valence-electron chi connectivity index (χ4n) is 1.41. The second kappa shape index (κ2) is 5.70. The Morgan fingerprint density at radius 1 is 1.27 bits per heavy atom. The van der Waals surface area contributed by atoms with Crippen molar-refractivity contribution in [2.24, 2.45) is 0 Å². The van der Waals surface area contributed by atoms with Crippen LogP contribution in [0.15, 0.2) is 0 Å². The van der Waals surface area contributed by atoms with E-state index in [0.717, 1.165) is 13.1 Å². The summed E-state index contributed by atoms with van der Waals surface area (Å²) < 4.78 is 35.5. The lowest BCUT2D eigenvalue weighted by Crippen LogP contribution is -2.31. The van der Waals surface area contributed by atoms with Crippen LogP contribution in [-0.4, -0.2) is 43.8 Å². The number of hydrogen-bond donors (Lipinski definition) is 1. The van der Waals surface area contributed by atoms with Crippen LogP contribution in [0.1, 0.15) is 25.7 Å². The molecule has 0 aromatic rings. The summed E-state index contributed by atoms with van der Waals surface area (Å²) in [6, 6.07) is 0.675. The molecular weight excluding hydrogens is 205 g/mol. The minimum atomic E-state index is -4.01. The summed E-state index contributed by atoms with van der Waals surface area (Å²) in [5.74, 6) is 0. The minimum absolute atomic E-state index is 0.198. The summed E-state index contributed by atoms with van der Waals surface area (Å²) in [5, 5.41) is 3.33. The number of nitrogens with zero attached hydrogens (tertiary/aromatic N) is 1. The van der Waals surface area contributed by atoms with Crippen LogP contribution >= 0.6 is 0 Å². The molecular formula is C10H19F3N2. The maximum Gasteiger partial charge on any atom is 0.389 e. The molecule has 0 aromatic carbocycles. The van der Waals surface area contributed by atoms with Crippen LogP contribution in [0.4, 0.5) is 13.2 Å². The molecule has 0 saturated heterocycles. The zero-order valence-electron chi connectivity index (χ0n) is 9.11. The van der Waals surface area contributed by atoms with Crippen LogP contribution < -0.4 is 5.32 Å². The molecule has 1 saturated carbocycles. The Kier molecular flexibility index (Phi) is 4.86. The fourth-order valence-corrected chi connectivity index (χ4v) is 1.41. The van der Waals surface area contributed by atoms with Crippen molar-refractivity contribution in [3.8, 4) is 0 Å². The zero-order chi connectivity index (χ0) is 11.3. The maximum absolute atomic E-state index is 11.8. The number of likely N-dealkylation sites (N-methyl/N-ethyl adjacent to an activating group) is 1. The van der Waals surface area contributed by atoms with Crippen molar-refractivity contribution in [2.45, 2.75) is 37.9 Å². The third-order valence-electron chi connectivity index (χ3n) is 2.50. The Morgan fingerprint density at radius 3 is 2.47 bits per heavy atom. The molecule has 2 nitrogen and oxygen atoms in total. The van der Waals surface area contributed by atoms with Crippen molar-refractivity contribution in [1.29, 1.82) is 0 Å². The summed E-state index contributed by atoms with van der Waals surface area (Å²) in [6.07, 6.45) is -1.99. The third kappa shape index (κ3) is 7.62. The first-order valence-corrected chi connectivity index (χ1v) is 5.46. The smallest absolute Gasteiger partial charge is 0.313 e. The molecule has 0 heterocycles. The van der Waals surface area contributed by atoms with E-state index in [2.05, 4.69) is 5.32 Å². The number of halogens is 3. The molecule has 0 unspecified atom stereocenters. The van der Waals surface area contributed by atoms with Gasteiger partial charge in [0.05, 0.1) is 0 Å². The molecule has 15 heavy (non-hydrogen) atoms. The number of nitrogens with one attached hydrogen (secondary N) is 1. The Hall–Kier alpha value is -0.290. The topological polar surface area (TPSA) is 15.3 Å². The van der Waals surface area contributed by atoms with Crippen molar-refractivity contribution in [1.82, 2.24) is 10.2 Å². The molecule has 0 aliphatic heterocycles. The average Bonchev–Trinajstić information content (AvgIpc) is 2.85. The van der Waals surface area contributed by atoms with E-state index >= 15 is 0 Å². The normalized spacial score (nSPS) is 17.4. The minimum Gasteiger partial charge on any atom is -0.313 e. The van der Waals surface area contributed by atoms with E-state index < -0.39 is 12.6 Å². The number of alkyl halides is 3. The van der Waals surface area contributed by atoms with Crippen LogP contribution in [0, 0.1) is 0 Å². The molecule has 1 rings (SSSR count). The van der Waals surface area contributed by atoms with Crippen LogP contribution in [0.3, 0.4) is 0 Å². The molecule has 1 aliphatic carbocycles. The highest BCUT2D eigenvalue weighted by Crippen LogP contribution is 2.21. The predicted molar refractivity (Wildman–Crippen MR) is 53.8 cm³/mol. The zero-order valence-corrected chi connectivity index (χ0v) is 9.11. The van der Waals surface area contributed by atoms with E-state index in [1.165, 1.54) is 12.8 Å². The highest BCUT2D eigenvalue weighted by Gasteiger charge is 2.26. The van der Waals surface area contributed by atoms with E-state index in [0.29, 0.717) is 12.6 Å². The highest BCUT2D eigenvalue weighted by atomic mass is 19.4. The van der Waals surface area contributed by atoms with Crippen molar-refractivity contribution in [2.75, 3.05) is 26.7 Å². The van der Waals surface area contributed by atoms with Crippen molar-refractivity contribution in [3.05, 3.63) is 0 Å². The second-order valence-corrected chi connectivity index (χ2v) is 4.25. The Labute approximate surface area is 88.8 Å². The summed E-state index contributed by atoms with van der Waals surface area (Å²) in [5.41, 5.74) is 0. The first kappa shape index (κ1) is 12.8. The van der Waals surface area contributed by atoms with Gasteiger partial charge < -0.3 is 10.2 Å². The highest BCUT2D eigenvalue weighted by molar-refractivity contribution is 4.80. The summed E-state index contributed by atoms with van der Waals surface area (Å²) in [4.78, 5) is 1.95. The number of hydrogen-bond acceptors (Lipinski definition) is 2. The summed E-state index contributed by atoms with van der Waals surface area (Å²) in [7, 11) is 1.87. The van der Waals surface area contributed by atoms with Gasteiger partial charge in [0, 0.05) is 25.6 Å². The fraction of sp³-hybridized carbons (Fsp3) is 1.00. The lowest BCUT2D eigenvalue weighted by Gasteiger charge is -2.17. The summed E-state index contributed by atoms with van der Waals surface area (Å²) in [6.45, 7) is 2.23. The average molecular weight is 224 g/mol. The molecule has 0 atom stereocenters. The molecule has 1 aliphatic rings. The van der Waals surface area contributed by atoms with Crippen LogP contribution in [0.2, 0.25) is 0 Å². The van der Waals surface area contributed by atoms with Crippen LogP contribution in [0.25, 0.3) is 0 Å².